The summed E-state index contributed by atoms with van der Waals surface area (Å²) in [6.07, 6.45) is 2.15. The molecule has 6 nitrogen and oxygen atoms in total. The number of benzene rings is 2. The molecule has 1 N–H and O–H groups in total. The summed E-state index contributed by atoms with van der Waals surface area (Å²) in [7, 11) is -3.56. The zero-order valence-corrected chi connectivity index (χ0v) is 20.3. The lowest BCUT2D eigenvalue weighted by Crippen LogP contribution is -2.40. The van der Waals surface area contributed by atoms with Crippen molar-refractivity contribution in [1.82, 2.24) is 14.5 Å². The maximum atomic E-state index is 13.2. The number of halogens is 1. The summed E-state index contributed by atoms with van der Waals surface area (Å²) in [5, 5.41) is 2.97. The van der Waals surface area contributed by atoms with Gasteiger partial charge in [-0.2, -0.15) is 4.31 Å². The van der Waals surface area contributed by atoms with Gasteiger partial charge < -0.3 is 5.32 Å². The van der Waals surface area contributed by atoms with Gasteiger partial charge in [0.05, 0.1) is 11.4 Å². The van der Waals surface area contributed by atoms with Gasteiger partial charge in [-0.15, -0.1) is 0 Å². The van der Waals surface area contributed by atoms with E-state index in [1.54, 1.807) is 16.4 Å². The molecule has 0 aromatic heterocycles. The molecule has 168 valence electrons. The molecule has 0 atom stereocenters. The molecule has 0 unspecified atom stereocenters. The first-order chi connectivity index (χ1) is 14.9. The van der Waals surface area contributed by atoms with Gasteiger partial charge >= 0.3 is 0 Å². The Bertz CT molecular complexity index is 983. The first-order valence-electron chi connectivity index (χ1n) is 10.7. The van der Waals surface area contributed by atoms with E-state index in [0.29, 0.717) is 57.0 Å². The Morgan fingerprint density at radius 2 is 1.84 bits per heavy atom. The molecule has 0 radical (unpaired) electrons. The number of hydrogen-bond acceptors (Lipinski definition) is 4. The molecule has 3 rings (SSSR count). The van der Waals surface area contributed by atoms with Gasteiger partial charge in [0.2, 0.25) is 15.9 Å². The number of rotatable bonds is 8. The van der Waals surface area contributed by atoms with E-state index in [1.165, 1.54) is 5.56 Å². The summed E-state index contributed by atoms with van der Waals surface area (Å²) in [4.78, 5) is 14.8. The first kappa shape index (κ1) is 23.9. The number of nitrogens with zero attached hydrogens (tertiary/aromatic N) is 2. The lowest BCUT2D eigenvalue weighted by Gasteiger charge is -2.22. The molecule has 1 fully saturated rings. The van der Waals surface area contributed by atoms with E-state index in [2.05, 4.69) is 21.2 Å². The topological polar surface area (TPSA) is 69.7 Å². The van der Waals surface area contributed by atoms with Gasteiger partial charge in [-0.25, -0.2) is 8.42 Å². The van der Waals surface area contributed by atoms with Crippen molar-refractivity contribution >= 4 is 31.9 Å². The minimum Gasteiger partial charge on any atom is -0.355 e. The molecule has 1 aliphatic heterocycles. The maximum absolute atomic E-state index is 13.2. The predicted octanol–water partition coefficient (Wildman–Crippen LogP) is 3.07. The number of sulfonamides is 1. The van der Waals surface area contributed by atoms with Crippen molar-refractivity contribution in [2.24, 2.45) is 0 Å². The summed E-state index contributed by atoms with van der Waals surface area (Å²) in [6, 6.07) is 15.4. The van der Waals surface area contributed by atoms with Gasteiger partial charge in [-0.3, -0.25) is 9.69 Å². The molecule has 2 aromatic rings. The van der Waals surface area contributed by atoms with Gasteiger partial charge in [-0.1, -0.05) is 53.2 Å². The largest absolute Gasteiger partial charge is 0.355 e. The Morgan fingerprint density at radius 1 is 1.06 bits per heavy atom. The highest BCUT2D eigenvalue weighted by Crippen LogP contribution is 2.25. The second-order valence-corrected chi connectivity index (χ2v) is 10.5. The van der Waals surface area contributed by atoms with Gasteiger partial charge in [0.15, 0.2) is 0 Å². The van der Waals surface area contributed by atoms with Crippen LogP contribution in [0, 0.1) is 0 Å². The Balaban J connectivity index is 1.53. The summed E-state index contributed by atoms with van der Waals surface area (Å²) < 4.78 is 28.9. The molecule has 1 aliphatic rings. The van der Waals surface area contributed by atoms with Gasteiger partial charge in [0.25, 0.3) is 0 Å². The smallest absolute Gasteiger partial charge is 0.243 e. The molecule has 1 heterocycles. The van der Waals surface area contributed by atoms with Crippen LogP contribution in [0.5, 0.6) is 0 Å². The molecule has 1 amide bonds. The third-order valence-electron chi connectivity index (χ3n) is 5.51. The van der Waals surface area contributed by atoms with Crippen LogP contribution in [0.25, 0.3) is 0 Å². The van der Waals surface area contributed by atoms with Crippen molar-refractivity contribution in [2.75, 3.05) is 39.3 Å². The molecule has 0 bridgehead atoms. The highest BCUT2D eigenvalue weighted by Gasteiger charge is 2.29. The van der Waals surface area contributed by atoms with Crippen molar-refractivity contribution in [3.8, 4) is 0 Å². The summed E-state index contributed by atoms with van der Waals surface area (Å²) in [5.41, 5.74) is 2.01. The van der Waals surface area contributed by atoms with Gasteiger partial charge in [-0.05, 0) is 55.1 Å². The standard InChI is InChI=1S/C23H30BrN3O3S/c1-2-20-17-21(24)9-10-22(20)31(29,30)27-14-6-13-26(15-16-27)18-23(28)25-12-11-19-7-4-3-5-8-19/h3-5,7-10,17H,2,6,11-16,18H2,1H3,(H,25,28). The molecule has 31 heavy (non-hydrogen) atoms. The maximum Gasteiger partial charge on any atom is 0.243 e. The Hall–Kier alpha value is -1.74. The van der Waals surface area contributed by atoms with Crippen molar-refractivity contribution in [2.45, 2.75) is 31.1 Å². The van der Waals surface area contributed by atoms with Crippen LogP contribution in [0.4, 0.5) is 0 Å². The Labute approximate surface area is 193 Å². The fraction of sp³-hybridized carbons (Fsp3) is 0.435. The molecule has 8 heteroatoms. The monoisotopic (exact) mass is 507 g/mol. The quantitative estimate of drug-likeness (QED) is 0.595. The van der Waals surface area contributed by atoms with E-state index < -0.39 is 10.0 Å². The summed E-state index contributed by atoms with van der Waals surface area (Å²) in [6.45, 7) is 4.96. The van der Waals surface area contributed by atoms with Crippen LogP contribution < -0.4 is 5.32 Å². The molecule has 0 saturated carbocycles. The highest BCUT2D eigenvalue weighted by atomic mass is 79.9. The number of nitrogens with one attached hydrogen (secondary N) is 1. The first-order valence-corrected chi connectivity index (χ1v) is 12.9. The molecule has 0 aliphatic carbocycles. The Kier molecular flexibility index (Phi) is 8.66. The minimum absolute atomic E-state index is 0.0200. The molecule has 0 spiro atoms. The van der Waals surface area contributed by atoms with E-state index >= 15 is 0 Å². The van der Waals surface area contributed by atoms with Crippen molar-refractivity contribution in [3.05, 3.63) is 64.1 Å². The highest BCUT2D eigenvalue weighted by molar-refractivity contribution is 9.10. The number of aryl methyl sites for hydroxylation is 1. The minimum atomic E-state index is -3.56. The summed E-state index contributed by atoms with van der Waals surface area (Å²) in [5.74, 6) is -0.0200. The molecule has 2 aromatic carbocycles. The second kappa shape index (κ2) is 11.2. The average Bonchev–Trinajstić information content (AvgIpc) is 3.00. The fourth-order valence-corrected chi connectivity index (χ4v) is 5.96. The van der Waals surface area contributed by atoms with E-state index in [4.69, 9.17) is 0 Å². The third kappa shape index (κ3) is 6.62. The normalized spacial score (nSPS) is 16.1. The molecular weight excluding hydrogens is 478 g/mol. The van der Waals surface area contributed by atoms with Crippen molar-refractivity contribution in [1.29, 1.82) is 0 Å². The number of carbonyl (C=O) groups is 1. The molecule has 1 saturated heterocycles. The van der Waals surface area contributed by atoms with Crippen LogP contribution in [0.3, 0.4) is 0 Å². The van der Waals surface area contributed by atoms with Crippen LogP contribution in [0.1, 0.15) is 24.5 Å². The van der Waals surface area contributed by atoms with E-state index in [1.807, 2.05) is 48.2 Å². The van der Waals surface area contributed by atoms with Crippen molar-refractivity contribution < 1.29 is 13.2 Å². The predicted molar refractivity (Wildman–Crippen MR) is 126 cm³/mol. The summed E-state index contributed by atoms with van der Waals surface area (Å²) >= 11 is 3.42. The fourth-order valence-electron chi connectivity index (χ4n) is 3.81. The van der Waals surface area contributed by atoms with Crippen LogP contribution in [-0.4, -0.2) is 62.8 Å². The van der Waals surface area contributed by atoms with Crippen LogP contribution in [0.2, 0.25) is 0 Å². The SMILES string of the molecule is CCc1cc(Br)ccc1S(=O)(=O)N1CCCN(CC(=O)NCCc2ccccc2)CC1. The van der Waals surface area contributed by atoms with Gasteiger partial charge in [0, 0.05) is 30.7 Å². The van der Waals surface area contributed by atoms with E-state index in [-0.39, 0.29) is 5.91 Å². The van der Waals surface area contributed by atoms with Crippen LogP contribution >= 0.6 is 15.9 Å². The van der Waals surface area contributed by atoms with Crippen LogP contribution in [0.15, 0.2) is 57.9 Å². The van der Waals surface area contributed by atoms with E-state index in [9.17, 15) is 13.2 Å². The lowest BCUT2D eigenvalue weighted by atomic mass is 10.1. The number of hydrogen-bond donors (Lipinski definition) is 1. The lowest BCUT2D eigenvalue weighted by molar-refractivity contribution is -0.122. The van der Waals surface area contributed by atoms with E-state index in [0.717, 1.165) is 16.5 Å². The third-order valence-corrected chi connectivity index (χ3v) is 8.01. The van der Waals surface area contributed by atoms with Crippen LogP contribution in [-0.2, 0) is 27.7 Å². The van der Waals surface area contributed by atoms with Gasteiger partial charge in [0.1, 0.15) is 0 Å². The second-order valence-electron chi connectivity index (χ2n) is 7.72. The molecular formula is C23H30BrN3O3S. The Morgan fingerprint density at radius 3 is 2.58 bits per heavy atom. The average molecular weight is 508 g/mol. The number of amides is 1. The number of carbonyl (C=O) groups excluding carboxylic acids is 1. The zero-order chi connectivity index (χ0) is 22.3. The zero-order valence-electron chi connectivity index (χ0n) is 17.9. The van der Waals surface area contributed by atoms with Crippen molar-refractivity contribution in [3.63, 3.8) is 0 Å².